The lowest BCUT2D eigenvalue weighted by molar-refractivity contribution is -0.117. The van der Waals surface area contributed by atoms with Gasteiger partial charge >= 0.3 is 0 Å². The zero-order valence-corrected chi connectivity index (χ0v) is 13.9. The minimum absolute atomic E-state index is 0.0985. The van der Waals surface area contributed by atoms with Crippen LogP contribution in [0.15, 0.2) is 43.0 Å². The first-order valence-electron chi connectivity index (χ1n) is 8.17. The van der Waals surface area contributed by atoms with Gasteiger partial charge in [0.05, 0.1) is 30.3 Å². The van der Waals surface area contributed by atoms with Gasteiger partial charge in [0.15, 0.2) is 5.82 Å². The SMILES string of the molecule is Cn1ccc(NC(=O)CN2CCc3[nH]cnc3[C@H]2c2ccccn2)n1. The molecule has 1 aliphatic rings. The molecule has 0 aromatic carbocycles. The van der Waals surface area contributed by atoms with Crippen molar-refractivity contribution in [2.24, 2.45) is 7.05 Å². The third-order valence-corrected chi connectivity index (χ3v) is 4.32. The Bertz CT molecular complexity index is 870. The molecular weight excluding hydrogens is 318 g/mol. The highest BCUT2D eigenvalue weighted by molar-refractivity contribution is 5.91. The van der Waals surface area contributed by atoms with Gasteiger partial charge in [-0.15, -0.1) is 0 Å². The van der Waals surface area contributed by atoms with Gasteiger partial charge in [-0.25, -0.2) is 4.98 Å². The number of H-pyrrole nitrogens is 1. The van der Waals surface area contributed by atoms with Crippen LogP contribution in [0.3, 0.4) is 0 Å². The maximum Gasteiger partial charge on any atom is 0.239 e. The average Bonchev–Trinajstić information content (AvgIpc) is 3.24. The summed E-state index contributed by atoms with van der Waals surface area (Å²) in [6, 6.07) is 7.45. The Kier molecular flexibility index (Phi) is 4.02. The normalized spacial score (nSPS) is 17.2. The maximum atomic E-state index is 12.5. The molecule has 128 valence electrons. The molecule has 0 saturated carbocycles. The third kappa shape index (κ3) is 3.16. The monoisotopic (exact) mass is 337 g/mol. The highest BCUT2D eigenvalue weighted by atomic mass is 16.2. The van der Waals surface area contributed by atoms with Crippen molar-refractivity contribution >= 4 is 11.7 Å². The fourth-order valence-corrected chi connectivity index (χ4v) is 3.21. The molecule has 3 aromatic rings. The van der Waals surface area contributed by atoms with Gasteiger partial charge in [-0.2, -0.15) is 5.10 Å². The zero-order chi connectivity index (χ0) is 17.2. The predicted octanol–water partition coefficient (Wildman–Crippen LogP) is 1.12. The molecule has 1 atom stereocenters. The fraction of sp³-hybridized carbons (Fsp3) is 0.294. The highest BCUT2D eigenvalue weighted by Gasteiger charge is 2.32. The van der Waals surface area contributed by atoms with Crippen LogP contribution in [0, 0.1) is 0 Å². The summed E-state index contributed by atoms with van der Waals surface area (Å²) in [6.07, 6.45) is 6.10. The molecule has 2 N–H and O–H groups in total. The Morgan fingerprint density at radius 2 is 2.28 bits per heavy atom. The molecule has 0 fully saturated rings. The molecule has 0 aliphatic carbocycles. The van der Waals surface area contributed by atoms with Crippen molar-refractivity contribution < 1.29 is 4.79 Å². The van der Waals surface area contributed by atoms with E-state index >= 15 is 0 Å². The number of hydrogen-bond acceptors (Lipinski definition) is 5. The second-order valence-corrected chi connectivity index (χ2v) is 6.07. The number of imidazole rings is 1. The van der Waals surface area contributed by atoms with Crippen LogP contribution in [0.1, 0.15) is 23.1 Å². The summed E-state index contributed by atoms with van der Waals surface area (Å²) in [7, 11) is 1.82. The molecule has 8 nitrogen and oxygen atoms in total. The molecule has 8 heteroatoms. The first-order valence-corrected chi connectivity index (χ1v) is 8.17. The fourth-order valence-electron chi connectivity index (χ4n) is 3.21. The van der Waals surface area contributed by atoms with Crippen LogP contribution < -0.4 is 5.32 Å². The average molecular weight is 337 g/mol. The van der Waals surface area contributed by atoms with Gasteiger partial charge in [-0.05, 0) is 12.1 Å². The van der Waals surface area contributed by atoms with Crippen LogP contribution in [0.5, 0.6) is 0 Å². The van der Waals surface area contributed by atoms with E-state index in [0.29, 0.717) is 5.82 Å². The zero-order valence-electron chi connectivity index (χ0n) is 13.9. The van der Waals surface area contributed by atoms with E-state index in [9.17, 15) is 4.79 Å². The molecule has 0 radical (unpaired) electrons. The molecule has 1 aliphatic heterocycles. The van der Waals surface area contributed by atoms with Crippen LogP contribution >= 0.6 is 0 Å². The van der Waals surface area contributed by atoms with Crippen molar-refractivity contribution in [1.29, 1.82) is 0 Å². The second kappa shape index (κ2) is 6.48. The number of nitrogens with one attached hydrogen (secondary N) is 2. The van der Waals surface area contributed by atoms with E-state index in [0.717, 1.165) is 30.0 Å². The van der Waals surface area contributed by atoms with Gasteiger partial charge in [0, 0.05) is 44.2 Å². The Hall–Kier alpha value is -3.00. The Morgan fingerprint density at radius 3 is 3.04 bits per heavy atom. The lowest BCUT2D eigenvalue weighted by Crippen LogP contribution is -2.41. The molecule has 4 rings (SSSR count). The second-order valence-electron chi connectivity index (χ2n) is 6.07. The van der Waals surface area contributed by atoms with Crippen molar-refractivity contribution in [1.82, 2.24) is 29.6 Å². The van der Waals surface area contributed by atoms with Gasteiger partial charge in [0.2, 0.25) is 5.91 Å². The predicted molar refractivity (Wildman–Crippen MR) is 91.8 cm³/mol. The molecule has 0 saturated heterocycles. The van der Waals surface area contributed by atoms with E-state index in [4.69, 9.17) is 0 Å². The third-order valence-electron chi connectivity index (χ3n) is 4.32. The number of aromatic amines is 1. The van der Waals surface area contributed by atoms with E-state index in [2.05, 4.69) is 30.3 Å². The summed E-state index contributed by atoms with van der Waals surface area (Å²) in [4.78, 5) is 26.7. The van der Waals surface area contributed by atoms with Crippen molar-refractivity contribution in [3.8, 4) is 0 Å². The molecule has 25 heavy (non-hydrogen) atoms. The molecule has 1 amide bonds. The Labute approximate surface area is 144 Å². The van der Waals surface area contributed by atoms with Gasteiger partial charge in [-0.3, -0.25) is 19.4 Å². The number of aryl methyl sites for hydroxylation is 1. The number of carbonyl (C=O) groups is 1. The van der Waals surface area contributed by atoms with E-state index in [1.54, 1.807) is 29.5 Å². The smallest absolute Gasteiger partial charge is 0.239 e. The molecule has 3 aromatic heterocycles. The van der Waals surface area contributed by atoms with E-state index < -0.39 is 0 Å². The number of nitrogens with zero attached hydrogens (tertiary/aromatic N) is 5. The number of amides is 1. The number of rotatable bonds is 4. The van der Waals surface area contributed by atoms with Crippen molar-refractivity contribution in [3.05, 3.63) is 60.1 Å². The van der Waals surface area contributed by atoms with E-state index in [1.165, 1.54) is 0 Å². The van der Waals surface area contributed by atoms with Gasteiger partial charge in [0.1, 0.15) is 0 Å². The Balaban J connectivity index is 1.56. The van der Waals surface area contributed by atoms with Gasteiger partial charge < -0.3 is 10.3 Å². The molecular formula is C17H19N7O. The maximum absolute atomic E-state index is 12.5. The lowest BCUT2D eigenvalue weighted by Gasteiger charge is -2.33. The molecule has 0 spiro atoms. The number of pyridine rings is 1. The molecule has 4 heterocycles. The number of fused-ring (bicyclic) bond motifs is 1. The molecule has 0 unspecified atom stereocenters. The van der Waals surface area contributed by atoms with Crippen LogP contribution in [0.4, 0.5) is 5.82 Å². The Morgan fingerprint density at radius 1 is 1.36 bits per heavy atom. The number of hydrogen-bond donors (Lipinski definition) is 2. The summed E-state index contributed by atoms with van der Waals surface area (Å²) < 4.78 is 1.66. The van der Waals surface area contributed by atoms with E-state index in [1.807, 2.05) is 25.2 Å². The topological polar surface area (TPSA) is 91.7 Å². The standard InChI is InChI=1S/C17H19N7O/c1-23-8-6-14(22-23)21-15(25)10-24-9-5-12-16(20-11-19-12)17(24)13-4-2-3-7-18-13/h2-4,6-8,11,17H,5,9-10H2,1H3,(H,19,20)(H,21,22,25)/t17-/m1/s1. The van der Waals surface area contributed by atoms with E-state index in [-0.39, 0.29) is 18.5 Å². The lowest BCUT2D eigenvalue weighted by atomic mass is 9.99. The minimum atomic E-state index is -0.134. The van der Waals surface area contributed by atoms with Crippen LogP contribution in [0.25, 0.3) is 0 Å². The minimum Gasteiger partial charge on any atom is -0.348 e. The number of anilines is 1. The van der Waals surface area contributed by atoms with Crippen LogP contribution in [0.2, 0.25) is 0 Å². The van der Waals surface area contributed by atoms with Crippen molar-refractivity contribution in [3.63, 3.8) is 0 Å². The highest BCUT2D eigenvalue weighted by Crippen LogP contribution is 2.31. The van der Waals surface area contributed by atoms with Crippen molar-refractivity contribution in [2.75, 3.05) is 18.4 Å². The summed E-state index contributed by atoms with van der Waals surface area (Å²) >= 11 is 0. The first kappa shape index (κ1) is 15.5. The summed E-state index contributed by atoms with van der Waals surface area (Å²) in [5, 5.41) is 7.02. The quantitative estimate of drug-likeness (QED) is 0.744. The largest absolute Gasteiger partial charge is 0.348 e. The van der Waals surface area contributed by atoms with Crippen LogP contribution in [-0.2, 0) is 18.3 Å². The summed E-state index contributed by atoms with van der Waals surface area (Å²) in [5.41, 5.74) is 2.94. The van der Waals surface area contributed by atoms with Crippen LogP contribution in [-0.4, -0.2) is 48.6 Å². The first-order chi connectivity index (χ1) is 12.2. The van der Waals surface area contributed by atoms with Crippen molar-refractivity contribution in [2.45, 2.75) is 12.5 Å². The van der Waals surface area contributed by atoms with Gasteiger partial charge in [0.25, 0.3) is 0 Å². The van der Waals surface area contributed by atoms with Gasteiger partial charge in [-0.1, -0.05) is 6.07 Å². The summed E-state index contributed by atoms with van der Waals surface area (Å²) in [6.45, 7) is 1.01. The number of carbonyl (C=O) groups excluding carboxylic acids is 1. The number of aromatic nitrogens is 5. The molecule has 0 bridgehead atoms. The summed E-state index contributed by atoms with van der Waals surface area (Å²) in [5.74, 6) is 0.456.